The van der Waals surface area contributed by atoms with Crippen LogP contribution in [-0.4, -0.2) is 13.4 Å². The largest absolute Gasteiger partial charge is 0.496 e. The second-order valence-electron chi connectivity index (χ2n) is 3.72. The molecule has 0 radical (unpaired) electrons. The highest BCUT2D eigenvalue weighted by Gasteiger charge is 2.03. The molecule has 2 nitrogen and oxygen atoms in total. The number of rotatable bonds is 4. The van der Waals surface area contributed by atoms with Crippen LogP contribution in [0.1, 0.15) is 12.0 Å². The summed E-state index contributed by atoms with van der Waals surface area (Å²) in [6.45, 7) is 0. The third kappa shape index (κ3) is 2.06. The normalized spacial score (nSPS) is 10.3. The van der Waals surface area contributed by atoms with E-state index in [1.807, 2.05) is 24.3 Å². The van der Waals surface area contributed by atoms with Gasteiger partial charge in [-0.25, -0.2) is 0 Å². The van der Waals surface area contributed by atoms with Crippen LogP contribution in [-0.2, 0) is 11.2 Å². The maximum atomic E-state index is 10.4. The number of ether oxygens (including phenoxy) is 1. The van der Waals surface area contributed by atoms with Crippen molar-refractivity contribution in [2.75, 3.05) is 7.11 Å². The van der Waals surface area contributed by atoms with E-state index in [1.165, 1.54) is 0 Å². The van der Waals surface area contributed by atoms with Crippen molar-refractivity contribution in [3.8, 4) is 5.75 Å². The van der Waals surface area contributed by atoms with Crippen LogP contribution in [0, 0.1) is 0 Å². The Morgan fingerprint density at radius 1 is 1.25 bits per heavy atom. The summed E-state index contributed by atoms with van der Waals surface area (Å²) in [7, 11) is 1.67. The molecule has 0 aliphatic carbocycles. The van der Waals surface area contributed by atoms with Gasteiger partial charge in [-0.15, -0.1) is 0 Å². The van der Waals surface area contributed by atoms with E-state index in [9.17, 15) is 4.79 Å². The van der Waals surface area contributed by atoms with Gasteiger partial charge in [-0.3, -0.25) is 0 Å². The number of aldehydes is 1. The Bertz CT molecular complexity index is 503. The van der Waals surface area contributed by atoms with Gasteiger partial charge in [-0.05, 0) is 23.4 Å². The van der Waals surface area contributed by atoms with Crippen LogP contribution in [0.5, 0.6) is 5.75 Å². The Labute approximate surface area is 94.8 Å². The zero-order valence-electron chi connectivity index (χ0n) is 9.27. The topological polar surface area (TPSA) is 26.3 Å². The van der Waals surface area contributed by atoms with E-state index in [4.69, 9.17) is 4.74 Å². The molecular weight excluding hydrogens is 200 g/mol. The number of benzene rings is 2. The van der Waals surface area contributed by atoms with Crippen LogP contribution >= 0.6 is 0 Å². The molecule has 0 aromatic heterocycles. The Kier molecular flexibility index (Phi) is 3.20. The van der Waals surface area contributed by atoms with Crippen LogP contribution in [0.4, 0.5) is 0 Å². The summed E-state index contributed by atoms with van der Waals surface area (Å²) >= 11 is 0. The van der Waals surface area contributed by atoms with Crippen molar-refractivity contribution in [3.05, 3.63) is 42.0 Å². The summed E-state index contributed by atoms with van der Waals surface area (Å²) in [5, 5.41) is 2.27. The van der Waals surface area contributed by atoms with Gasteiger partial charge in [0.1, 0.15) is 12.0 Å². The van der Waals surface area contributed by atoms with Crippen molar-refractivity contribution < 1.29 is 9.53 Å². The minimum Gasteiger partial charge on any atom is -0.496 e. The Hall–Kier alpha value is -1.83. The summed E-state index contributed by atoms with van der Waals surface area (Å²) in [4.78, 5) is 10.4. The number of hydrogen-bond donors (Lipinski definition) is 0. The average molecular weight is 214 g/mol. The first-order chi connectivity index (χ1) is 7.85. The second-order valence-corrected chi connectivity index (χ2v) is 3.72. The number of fused-ring (bicyclic) bond motifs is 1. The van der Waals surface area contributed by atoms with Crippen molar-refractivity contribution >= 4 is 17.1 Å². The van der Waals surface area contributed by atoms with Crippen LogP contribution < -0.4 is 4.74 Å². The molecule has 16 heavy (non-hydrogen) atoms. The standard InChI is InChI=1S/C14H14O2/c1-16-14-10-11(5-4-8-15)9-12-6-2-3-7-13(12)14/h2-3,6-10H,4-5H2,1H3. The number of aryl methyl sites for hydroxylation is 1. The van der Waals surface area contributed by atoms with Gasteiger partial charge in [-0.2, -0.15) is 0 Å². The van der Waals surface area contributed by atoms with Crippen LogP contribution in [0.15, 0.2) is 36.4 Å². The molecule has 0 heterocycles. The smallest absolute Gasteiger partial charge is 0.126 e. The fraction of sp³-hybridized carbons (Fsp3) is 0.214. The van der Waals surface area contributed by atoms with Crippen molar-refractivity contribution in [2.24, 2.45) is 0 Å². The molecule has 82 valence electrons. The van der Waals surface area contributed by atoms with Crippen molar-refractivity contribution in [1.82, 2.24) is 0 Å². The van der Waals surface area contributed by atoms with Crippen molar-refractivity contribution in [3.63, 3.8) is 0 Å². The van der Waals surface area contributed by atoms with Gasteiger partial charge in [0.15, 0.2) is 0 Å². The maximum absolute atomic E-state index is 10.4. The number of hydrogen-bond acceptors (Lipinski definition) is 2. The predicted molar refractivity (Wildman–Crippen MR) is 64.9 cm³/mol. The molecule has 2 aromatic rings. The third-order valence-electron chi connectivity index (χ3n) is 2.65. The van der Waals surface area contributed by atoms with Gasteiger partial charge in [-0.1, -0.05) is 30.3 Å². The summed E-state index contributed by atoms with van der Waals surface area (Å²) in [6.07, 6.45) is 2.27. The SMILES string of the molecule is COc1cc(CCC=O)cc2ccccc12. The molecule has 0 aliphatic rings. The average Bonchev–Trinajstić information content (AvgIpc) is 2.35. The van der Waals surface area contributed by atoms with Crippen molar-refractivity contribution in [1.29, 1.82) is 0 Å². The molecule has 0 unspecified atom stereocenters. The lowest BCUT2D eigenvalue weighted by molar-refractivity contribution is -0.107. The molecule has 0 amide bonds. The van der Waals surface area contributed by atoms with Gasteiger partial charge < -0.3 is 9.53 Å². The first-order valence-corrected chi connectivity index (χ1v) is 5.34. The van der Waals surface area contributed by atoms with E-state index in [0.29, 0.717) is 6.42 Å². The summed E-state index contributed by atoms with van der Waals surface area (Å²) in [5.41, 5.74) is 1.14. The van der Waals surface area contributed by atoms with Crippen LogP contribution in [0.2, 0.25) is 0 Å². The Morgan fingerprint density at radius 3 is 2.81 bits per heavy atom. The molecule has 0 saturated carbocycles. The van der Waals surface area contributed by atoms with Crippen LogP contribution in [0.3, 0.4) is 0 Å². The fourth-order valence-corrected chi connectivity index (χ4v) is 1.87. The highest BCUT2D eigenvalue weighted by molar-refractivity contribution is 5.89. The molecule has 2 aromatic carbocycles. The quantitative estimate of drug-likeness (QED) is 0.731. The number of carbonyl (C=O) groups is 1. The molecule has 0 bridgehead atoms. The highest BCUT2D eigenvalue weighted by Crippen LogP contribution is 2.27. The zero-order valence-corrected chi connectivity index (χ0v) is 9.27. The van der Waals surface area contributed by atoms with Crippen LogP contribution in [0.25, 0.3) is 10.8 Å². The molecule has 2 rings (SSSR count). The lowest BCUT2D eigenvalue weighted by atomic mass is 10.0. The van der Waals surface area contributed by atoms with Gasteiger partial charge in [0.25, 0.3) is 0 Å². The minimum absolute atomic E-state index is 0.557. The monoisotopic (exact) mass is 214 g/mol. The molecule has 0 aliphatic heterocycles. The molecule has 2 heteroatoms. The Balaban J connectivity index is 2.49. The zero-order chi connectivity index (χ0) is 11.4. The summed E-state index contributed by atoms with van der Waals surface area (Å²) < 4.78 is 5.36. The maximum Gasteiger partial charge on any atom is 0.126 e. The minimum atomic E-state index is 0.557. The molecule has 0 saturated heterocycles. The predicted octanol–water partition coefficient (Wildman–Crippen LogP) is 2.98. The molecule has 0 spiro atoms. The lowest BCUT2D eigenvalue weighted by Gasteiger charge is -2.08. The van der Waals surface area contributed by atoms with E-state index in [2.05, 4.69) is 12.1 Å². The van der Waals surface area contributed by atoms with Gasteiger partial charge >= 0.3 is 0 Å². The van der Waals surface area contributed by atoms with E-state index in [1.54, 1.807) is 7.11 Å². The molecular formula is C14H14O2. The first kappa shape index (κ1) is 10.7. The highest BCUT2D eigenvalue weighted by atomic mass is 16.5. The molecule has 0 fully saturated rings. The van der Waals surface area contributed by atoms with Crippen molar-refractivity contribution in [2.45, 2.75) is 12.8 Å². The molecule has 0 N–H and O–H groups in total. The number of carbonyl (C=O) groups excluding carboxylic acids is 1. The first-order valence-electron chi connectivity index (χ1n) is 5.34. The third-order valence-corrected chi connectivity index (χ3v) is 2.65. The van der Waals surface area contributed by atoms with E-state index < -0.39 is 0 Å². The van der Waals surface area contributed by atoms with E-state index in [0.717, 1.165) is 34.8 Å². The fourth-order valence-electron chi connectivity index (χ4n) is 1.87. The molecule has 0 atom stereocenters. The van der Waals surface area contributed by atoms with Gasteiger partial charge in [0, 0.05) is 11.8 Å². The van der Waals surface area contributed by atoms with E-state index in [-0.39, 0.29) is 0 Å². The number of methoxy groups -OCH3 is 1. The summed E-state index contributed by atoms with van der Waals surface area (Å²) in [5.74, 6) is 0.874. The van der Waals surface area contributed by atoms with E-state index >= 15 is 0 Å². The Morgan fingerprint density at radius 2 is 2.06 bits per heavy atom. The van der Waals surface area contributed by atoms with Gasteiger partial charge in [0.2, 0.25) is 0 Å². The second kappa shape index (κ2) is 4.79. The summed E-state index contributed by atoms with van der Waals surface area (Å²) in [6, 6.07) is 12.2. The lowest BCUT2D eigenvalue weighted by Crippen LogP contribution is -1.90. The van der Waals surface area contributed by atoms with Gasteiger partial charge in [0.05, 0.1) is 7.11 Å².